The van der Waals surface area contributed by atoms with Crippen LogP contribution in [-0.2, 0) is 10.9 Å². The van der Waals surface area contributed by atoms with Crippen LogP contribution in [0.5, 0.6) is 5.75 Å². The standard InChI is InChI=1S/C12H16F3NO2/c1-3-17-7-8(2)18-9-4-5-11(16)10(6-9)12(13,14)15/h4-6,8H,3,7,16H2,1-2H3. The maximum Gasteiger partial charge on any atom is 0.418 e. The van der Waals surface area contributed by atoms with E-state index in [9.17, 15) is 13.2 Å². The molecule has 0 bridgehead atoms. The topological polar surface area (TPSA) is 44.5 Å². The zero-order chi connectivity index (χ0) is 13.8. The van der Waals surface area contributed by atoms with Crippen molar-refractivity contribution in [3.05, 3.63) is 23.8 Å². The highest BCUT2D eigenvalue weighted by molar-refractivity contribution is 5.52. The van der Waals surface area contributed by atoms with Gasteiger partial charge in [-0.25, -0.2) is 0 Å². The van der Waals surface area contributed by atoms with Gasteiger partial charge in [-0.15, -0.1) is 0 Å². The number of nitrogen functional groups attached to an aromatic ring is 1. The molecule has 0 aliphatic heterocycles. The summed E-state index contributed by atoms with van der Waals surface area (Å²) in [5.74, 6) is 0.128. The number of hydrogen-bond donors (Lipinski definition) is 1. The molecular formula is C12H16F3NO2. The van der Waals surface area contributed by atoms with E-state index in [0.717, 1.165) is 6.07 Å². The molecule has 0 aromatic heterocycles. The number of alkyl halides is 3. The molecule has 18 heavy (non-hydrogen) atoms. The van der Waals surface area contributed by atoms with Crippen LogP contribution >= 0.6 is 0 Å². The summed E-state index contributed by atoms with van der Waals surface area (Å²) in [6, 6.07) is 3.50. The van der Waals surface area contributed by atoms with Gasteiger partial charge < -0.3 is 15.2 Å². The first-order chi connectivity index (χ1) is 8.34. The first-order valence-electron chi connectivity index (χ1n) is 5.55. The second-order valence-electron chi connectivity index (χ2n) is 3.83. The molecular weight excluding hydrogens is 247 g/mol. The van der Waals surface area contributed by atoms with Crippen LogP contribution in [0.1, 0.15) is 19.4 Å². The molecule has 1 aromatic carbocycles. The van der Waals surface area contributed by atoms with Crippen LogP contribution in [0, 0.1) is 0 Å². The molecule has 0 heterocycles. The smallest absolute Gasteiger partial charge is 0.418 e. The highest BCUT2D eigenvalue weighted by Gasteiger charge is 2.33. The first kappa shape index (κ1) is 14.6. The summed E-state index contributed by atoms with van der Waals surface area (Å²) in [5.41, 5.74) is 4.09. The van der Waals surface area contributed by atoms with Gasteiger partial charge in [0.15, 0.2) is 0 Å². The van der Waals surface area contributed by atoms with Crippen LogP contribution in [0.4, 0.5) is 18.9 Å². The van der Waals surface area contributed by atoms with Gasteiger partial charge in [-0.1, -0.05) is 0 Å². The Bertz CT molecular complexity index is 393. The van der Waals surface area contributed by atoms with Gasteiger partial charge in [-0.3, -0.25) is 0 Å². The minimum absolute atomic E-state index is 0.128. The molecule has 0 aliphatic rings. The van der Waals surface area contributed by atoms with Gasteiger partial charge in [0.25, 0.3) is 0 Å². The van der Waals surface area contributed by atoms with Crippen LogP contribution in [-0.4, -0.2) is 19.3 Å². The Morgan fingerprint density at radius 3 is 2.56 bits per heavy atom. The van der Waals surface area contributed by atoms with E-state index >= 15 is 0 Å². The summed E-state index contributed by atoms with van der Waals surface area (Å²) in [6.45, 7) is 4.41. The van der Waals surface area contributed by atoms with E-state index < -0.39 is 11.7 Å². The van der Waals surface area contributed by atoms with Gasteiger partial charge in [0.2, 0.25) is 0 Å². The molecule has 0 aliphatic carbocycles. The SMILES string of the molecule is CCOCC(C)Oc1ccc(N)c(C(F)(F)F)c1. The third-order valence-corrected chi connectivity index (χ3v) is 2.22. The summed E-state index contributed by atoms with van der Waals surface area (Å²) < 4.78 is 48.3. The zero-order valence-electron chi connectivity index (χ0n) is 10.3. The molecule has 1 aromatic rings. The Morgan fingerprint density at radius 2 is 2.00 bits per heavy atom. The molecule has 0 amide bonds. The number of benzene rings is 1. The summed E-state index contributed by atoms with van der Waals surface area (Å²) in [6.07, 6.45) is -4.80. The molecule has 0 spiro atoms. The van der Waals surface area contributed by atoms with E-state index in [1.165, 1.54) is 12.1 Å². The van der Waals surface area contributed by atoms with Crippen LogP contribution in [0.3, 0.4) is 0 Å². The molecule has 0 saturated heterocycles. The zero-order valence-corrected chi connectivity index (χ0v) is 10.3. The average Bonchev–Trinajstić information content (AvgIpc) is 2.27. The van der Waals surface area contributed by atoms with Crippen LogP contribution < -0.4 is 10.5 Å². The van der Waals surface area contributed by atoms with Crippen molar-refractivity contribution in [3.8, 4) is 5.75 Å². The van der Waals surface area contributed by atoms with Gasteiger partial charge in [-0.05, 0) is 32.0 Å². The van der Waals surface area contributed by atoms with Crippen molar-refractivity contribution in [1.29, 1.82) is 0 Å². The van der Waals surface area contributed by atoms with Gasteiger partial charge in [-0.2, -0.15) is 13.2 Å². The molecule has 0 fully saturated rings. The normalized spacial score (nSPS) is 13.4. The van der Waals surface area contributed by atoms with Crippen molar-refractivity contribution in [3.63, 3.8) is 0 Å². The third kappa shape index (κ3) is 4.10. The van der Waals surface area contributed by atoms with E-state index in [1.807, 2.05) is 6.92 Å². The third-order valence-electron chi connectivity index (χ3n) is 2.22. The van der Waals surface area contributed by atoms with E-state index in [-0.39, 0.29) is 17.5 Å². The van der Waals surface area contributed by atoms with Gasteiger partial charge >= 0.3 is 6.18 Å². The predicted octanol–water partition coefficient (Wildman–Crippen LogP) is 3.09. The highest BCUT2D eigenvalue weighted by Crippen LogP contribution is 2.35. The fraction of sp³-hybridized carbons (Fsp3) is 0.500. The van der Waals surface area contributed by atoms with Crippen molar-refractivity contribution in [2.45, 2.75) is 26.1 Å². The lowest BCUT2D eigenvalue weighted by Crippen LogP contribution is -2.19. The number of nitrogens with two attached hydrogens (primary N) is 1. The summed E-state index contributed by atoms with van der Waals surface area (Å²) in [7, 11) is 0. The fourth-order valence-electron chi connectivity index (χ4n) is 1.40. The second kappa shape index (κ2) is 5.95. The van der Waals surface area contributed by atoms with Gasteiger partial charge in [0.1, 0.15) is 11.9 Å². The molecule has 1 unspecified atom stereocenters. The highest BCUT2D eigenvalue weighted by atomic mass is 19.4. The lowest BCUT2D eigenvalue weighted by molar-refractivity contribution is -0.137. The molecule has 1 atom stereocenters. The molecule has 102 valence electrons. The van der Waals surface area contributed by atoms with Crippen molar-refractivity contribution >= 4 is 5.69 Å². The Balaban J connectivity index is 2.79. The fourth-order valence-corrected chi connectivity index (χ4v) is 1.40. The van der Waals surface area contributed by atoms with E-state index in [0.29, 0.717) is 13.2 Å². The second-order valence-corrected chi connectivity index (χ2v) is 3.83. The van der Waals surface area contributed by atoms with Crippen LogP contribution in [0.25, 0.3) is 0 Å². The Kier molecular flexibility index (Phi) is 4.84. The molecule has 0 saturated carbocycles. The summed E-state index contributed by atoms with van der Waals surface area (Å²) >= 11 is 0. The minimum atomic E-state index is -4.48. The summed E-state index contributed by atoms with van der Waals surface area (Å²) in [4.78, 5) is 0. The van der Waals surface area contributed by atoms with Crippen molar-refractivity contribution in [2.24, 2.45) is 0 Å². The molecule has 2 N–H and O–H groups in total. The van der Waals surface area contributed by atoms with Crippen LogP contribution in [0.15, 0.2) is 18.2 Å². The minimum Gasteiger partial charge on any atom is -0.488 e. The quantitative estimate of drug-likeness (QED) is 0.830. The maximum atomic E-state index is 12.6. The predicted molar refractivity (Wildman–Crippen MR) is 62.4 cm³/mol. The van der Waals surface area contributed by atoms with Crippen LogP contribution in [0.2, 0.25) is 0 Å². The molecule has 1 rings (SSSR count). The number of rotatable bonds is 5. The van der Waals surface area contributed by atoms with Gasteiger partial charge in [0.05, 0.1) is 12.2 Å². The van der Waals surface area contributed by atoms with Gasteiger partial charge in [0, 0.05) is 12.3 Å². The number of ether oxygens (including phenoxy) is 2. The number of anilines is 1. The van der Waals surface area contributed by atoms with E-state index in [4.69, 9.17) is 15.2 Å². The summed E-state index contributed by atoms with van der Waals surface area (Å²) in [5, 5.41) is 0. The lowest BCUT2D eigenvalue weighted by atomic mass is 10.1. The van der Waals surface area contributed by atoms with Crippen molar-refractivity contribution in [2.75, 3.05) is 18.9 Å². The molecule has 6 heteroatoms. The monoisotopic (exact) mass is 263 g/mol. The Hall–Kier alpha value is -1.43. The lowest BCUT2D eigenvalue weighted by Gasteiger charge is -2.16. The molecule has 3 nitrogen and oxygen atoms in total. The Labute approximate surface area is 104 Å². The van der Waals surface area contributed by atoms with Crippen molar-refractivity contribution < 1.29 is 22.6 Å². The van der Waals surface area contributed by atoms with E-state index in [2.05, 4.69) is 0 Å². The largest absolute Gasteiger partial charge is 0.488 e. The van der Waals surface area contributed by atoms with E-state index in [1.54, 1.807) is 6.92 Å². The number of halogens is 3. The average molecular weight is 263 g/mol. The van der Waals surface area contributed by atoms with Crippen molar-refractivity contribution in [1.82, 2.24) is 0 Å². The molecule has 0 radical (unpaired) electrons. The maximum absolute atomic E-state index is 12.6. The Morgan fingerprint density at radius 1 is 1.33 bits per heavy atom. The number of hydrogen-bond acceptors (Lipinski definition) is 3. The first-order valence-corrected chi connectivity index (χ1v) is 5.55.